The molecule has 1 amide bonds. The molecule has 0 saturated heterocycles. The second-order valence-electron chi connectivity index (χ2n) is 21.5. The summed E-state index contributed by atoms with van der Waals surface area (Å²) in [6.45, 7) is 6.55. The maximum absolute atomic E-state index is 13.3. The average Bonchev–Trinajstić information content (AvgIpc) is 3.32. The van der Waals surface area contributed by atoms with Crippen molar-refractivity contribution in [2.24, 2.45) is 0 Å². The monoisotopic (exact) mass is 948 g/mol. The molecular formula is C61H121NO5. The summed E-state index contributed by atoms with van der Waals surface area (Å²) in [7, 11) is 0. The summed E-state index contributed by atoms with van der Waals surface area (Å²) in [6.07, 6.45) is 63.2. The maximum Gasteiger partial charge on any atom is 0.306 e. The number of carbonyl (C=O) groups is 2. The second-order valence-corrected chi connectivity index (χ2v) is 21.5. The van der Waals surface area contributed by atoms with Crippen LogP contribution in [0, 0.1) is 0 Å². The van der Waals surface area contributed by atoms with Crippen molar-refractivity contribution >= 4 is 11.9 Å². The molecule has 0 fully saturated rings. The Morgan fingerprint density at radius 2 is 0.627 bits per heavy atom. The van der Waals surface area contributed by atoms with Crippen molar-refractivity contribution < 1.29 is 24.5 Å². The molecular weight excluding hydrogens is 827 g/mol. The van der Waals surface area contributed by atoms with Crippen molar-refractivity contribution in [3.05, 3.63) is 0 Å². The molecule has 0 aromatic heterocycles. The minimum absolute atomic E-state index is 0.0890. The molecule has 3 atom stereocenters. The van der Waals surface area contributed by atoms with Crippen molar-refractivity contribution in [2.45, 2.75) is 373 Å². The van der Waals surface area contributed by atoms with Gasteiger partial charge in [-0.15, -0.1) is 0 Å². The standard InChI is InChI=1S/C61H121NO5/c1-4-7-10-13-16-19-22-25-28-30-32-34-37-40-43-46-49-52-57(67-61(66)54-51-48-45-42-39-36-31-27-24-21-18-15-12-9-6-3)55-60(65)62-58(56-63)59(64)53-50-47-44-41-38-35-33-29-26-23-20-17-14-11-8-5-2/h57-59,63-64H,4-56H2,1-3H3,(H,62,65). The average molecular weight is 949 g/mol. The molecule has 0 saturated carbocycles. The predicted molar refractivity (Wildman–Crippen MR) is 292 cm³/mol. The van der Waals surface area contributed by atoms with E-state index in [1.165, 1.54) is 270 Å². The van der Waals surface area contributed by atoms with Crippen LogP contribution in [-0.2, 0) is 14.3 Å². The molecule has 6 nitrogen and oxygen atoms in total. The van der Waals surface area contributed by atoms with Crippen LogP contribution in [0.4, 0.5) is 0 Å². The molecule has 67 heavy (non-hydrogen) atoms. The highest BCUT2D eigenvalue weighted by molar-refractivity contribution is 5.77. The number of unbranched alkanes of at least 4 members (excludes halogenated alkanes) is 45. The molecule has 3 unspecified atom stereocenters. The van der Waals surface area contributed by atoms with Gasteiger partial charge in [0.05, 0.1) is 25.2 Å². The van der Waals surface area contributed by atoms with Crippen molar-refractivity contribution in [1.29, 1.82) is 0 Å². The fraction of sp³-hybridized carbons (Fsp3) is 0.967. The summed E-state index contributed by atoms with van der Waals surface area (Å²) in [4.78, 5) is 26.3. The van der Waals surface area contributed by atoms with Gasteiger partial charge in [-0.25, -0.2) is 0 Å². The highest BCUT2D eigenvalue weighted by atomic mass is 16.5. The molecule has 0 aliphatic heterocycles. The Bertz CT molecular complexity index is 975. The first-order valence-corrected chi connectivity index (χ1v) is 30.8. The zero-order chi connectivity index (χ0) is 48.8. The molecule has 0 aromatic carbocycles. The number of hydrogen-bond donors (Lipinski definition) is 3. The highest BCUT2D eigenvalue weighted by Crippen LogP contribution is 2.20. The third-order valence-corrected chi connectivity index (χ3v) is 14.7. The number of ether oxygens (including phenoxy) is 1. The lowest BCUT2D eigenvalue weighted by atomic mass is 10.0. The molecule has 0 bridgehead atoms. The molecule has 0 radical (unpaired) electrons. The molecule has 0 aliphatic carbocycles. The number of amides is 1. The Balaban J connectivity index is 4.47. The number of aliphatic hydroxyl groups is 2. The molecule has 6 heteroatoms. The van der Waals surface area contributed by atoms with Crippen LogP contribution in [0.25, 0.3) is 0 Å². The van der Waals surface area contributed by atoms with Gasteiger partial charge in [-0.2, -0.15) is 0 Å². The number of hydrogen-bond acceptors (Lipinski definition) is 5. The molecule has 0 aromatic rings. The number of esters is 1. The van der Waals surface area contributed by atoms with Crippen molar-refractivity contribution in [1.82, 2.24) is 5.32 Å². The summed E-state index contributed by atoms with van der Waals surface area (Å²) in [6, 6.07) is -0.694. The number of rotatable bonds is 57. The second kappa shape index (κ2) is 55.8. The van der Waals surface area contributed by atoms with Crippen LogP contribution in [-0.4, -0.2) is 46.9 Å². The topological polar surface area (TPSA) is 95.9 Å². The minimum Gasteiger partial charge on any atom is -0.462 e. The van der Waals surface area contributed by atoms with Crippen LogP contribution in [0.5, 0.6) is 0 Å². The Morgan fingerprint density at radius 1 is 0.373 bits per heavy atom. The van der Waals surface area contributed by atoms with Gasteiger partial charge in [0.15, 0.2) is 0 Å². The smallest absolute Gasteiger partial charge is 0.306 e. The lowest BCUT2D eigenvalue weighted by molar-refractivity contribution is -0.151. The molecule has 3 N–H and O–H groups in total. The Kier molecular flexibility index (Phi) is 54.8. The number of aliphatic hydroxyl groups excluding tert-OH is 2. The Hall–Kier alpha value is -1.14. The van der Waals surface area contributed by atoms with E-state index in [4.69, 9.17) is 4.74 Å². The van der Waals surface area contributed by atoms with E-state index in [0.29, 0.717) is 19.3 Å². The quantitative estimate of drug-likeness (QED) is 0.0417. The summed E-state index contributed by atoms with van der Waals surface area (Å²) >= 11 is 0. The van der Waals surface area contributed by atoms with E-state index >= 15 is 0 Å². The number of nitrogens with one attached hydrogen (secondary N) is 1. The molecule has 0 rings (SSSR count). The van der Waals surface area contributed by atoms with Gasteiger partial charge in [0.2, 0.25) is 5.91 Å². The van der Waals surface area contributed by atoms with Gasteiger partial charge in [-0.1, -0.05) is 316 Å². The van der Waals surface area contributed by atoms with Crippen LogP contribution in [0.2, 0.25) is 0 Å². The minimum atomic E-state index is -0.781. The van der Waals surface area contributed by atoms with E-state index < -0.39 is 18.2 Å². The van der Waals surface area contributed by atoms with E-state index in [2.05, 4.69) is 26.1 Å². The van der Waals surface area contributed by atoms with Gasteiger partial charge in [-0.3, -0.25) is 9.59 Å². The van der Waals surface area contributed by atoms with E-state index in [1.54, 1.807) is 0 Å². The van der Waals surface area contributed by atoms with Crippen LogP contribution in [0.15, 0.2) is 0 Å². The maximum atomic E-state index is 13.3. The Morgan fingerprint density at radius 3 is 0.910 bits per heavy atom. The van der Waals surface area contributed by atoms with Crippen LogP contribution >= 0.6 is 0 Å². The first-order valence-electron chi connectivity index (χ1n) is 30.8. The summed E-state index contributed by atoms with van der Waals surface area (Å²) in [5.74, 6) is -0.441. The van der Waals surface area contributed by atoms with Gasteiger partial charge in [0, 0.05) is 6.42 Å². The molecule has 0 heterocycles. The van der Waals surface area contributed by atoms with E-state index in [1.807, 2.05) is 0 Å². The van der Waals surface area contributed by atoms with E-state index in [0.717, 1.165) is 38.5 Å². The molecule has 0 spiro atoms. The van der Waals surface area contributed by atoms with Crippen molar-refractivity contribution in [3.8, 4) is 0 Å². The van der Waals surface area contributed by atoms with Gasteiger partial charge >= 0.3 is 5.97 Å². The lowest BCUT2D eigenvalue weighted by Crippen LogP contribution is -2.46. The molecule has 0 aliphatic rings. The van der Waals surface area contributed by atoms with Crippen molar-refractivity contribution in [2.75, 3.05) is 6.61 Å². The third kappa shape index (κ3) is 51.0. The molecule has 400 valence electrons. The summed E-state index contributed by atoms with van der Waals surface area (Å²) in [5, 5.41) is 24.0. The van der Waals surface area contributed by atoms with Gasteiger partial charge in [0.1, 0.15) is 6.10 Å². The third-order valence-electron chi connectivity index (χ3n) is 14.7. The van der Waals surface area contributed by atoms with Crippen LogP contribution in [0.1, 0.15) is 355 Å². The van der Waals surface area contributed by atoms with Gasteiger partial charge in [0.25, 0.3) is 0 Å². The zero-order valence-corrected chi connectivity index (χ0v) is 45.8. The summed E-state index contributed by atoms with van der Waals surface area (Å²) in [5.41, 5.74) is 0. The normalized spacial score (nSPS) is 13.0. The van der Waals surface area contributed by atoms with E-state index in [9.17, 15) is 19.8 Å². The fourth-order valence-electron chi connectivity index (χ4n) is 10.0. The van der Waals surface area contributed by atoms with Gasteiger partial charge < -0.3 is 20.3 Å². The van der Waals surface area contributed by atoms with Crippen LogP contribution < -0.4 is 5.32 Å². The van der Waals surface area contributed by atoms with Crippen molar-refractivity contribution in [3.63, 3.8) is 0 Å². The highest BCUT2D eigenvalue weighted by Gasteiger charge is 2.24. The Labute approximate surface area is 419 Å². The van der Waals surface area contributed by atoms with E-state index in [-0.39, 0.29) is 24.9 Å². The number of carbonyl (C=O) groups excluding carboxylic acids is 2. The first kappa shape index (κ1) is 65.9. The van der Waals surface area contributed by atoms with Crippen LogP contribution in [0.3, 0.4) is 0 Å². The largest absolute Gasteiger partial charge is 0.462 e. The zero-order valence-electron chi connectivity index (χ0n) is 45.8. The first-order chi connectivity index (χ1) is 33.0. The predicted octanol–water partition coefficient (Wildman–Crippen LogP) is 19.1. The van der Waals surface area contributed by atoms with Gasteiger partial charge in [-0.05, 0) is 25.7 Å². The fourth-order valence-corrected chi connectivity index (χ4v) is 10.0. The lowest BCUT2D eigenvalue weighted by Gasteiger charge is -2.24. The SMILES string of the molecule is CCCCCCCCCCCCCCCCCCCC(CC(=O)NC(CO)C(O)CCCCCCCCCCCCCCCCCC)OC(=O)CCCCCCCCCCCCCCCCC. The summed E-state index contributed by atoms with van der Waals surface area (Å²) < 4.78 is 5.98.